The highest BCUT2D eigenvalue weighted by molar-refractivity contribution is 5.82. The van der Waals surface area contributed by atoms with Crippen LogP contribution in [0.15, 0.2) is 0 Å². The predicted octanol–water partition coefficient (Wildman–Crippen LogP) is -0.0454. The van der Waals surface area contributed by atoms with Gasteiger partial charge in [-0.2, -0.15) is 0 Å². The minimum atomic E-state index is -0.502. The van der Waals surface area contributed by atoms with E-state index in [1.54, 1.807) is 4.90 Å². The molecule has 1 aliphatic rings. The van der Waals surface area contributed by atoms with Crippen LogP contribution in [0.1, 0.15) is 26.7 Å². The summed E-state index contributed by atoms with van der Waals surface area (Å²) in [6.45, 7) is 4.87. The van der Waals surface area contributed by atoms with E-state index in [0.717, 1.165) is 19.4 Å². The first-order chi connectivity index (χ1) is 6.53. The molecular weight excluding hydrogens is 180 g/mol. The van der Waals surface area contributed by atoms with Crippen molar-refractivity contribution in [1.82, 2.24) is 4.90 Å². The summed E-state index contributed by atoms with van der Waals surface area (Å²) in [7, 11) is 0. The fourth-order valence-electron chi connectivity index (χ4n) is 1.77. The minimum absolute atomic E-state index is 0.00771. The first kappa shape index (κ1) is 11.5. The first-order valence-electron chi connectivity index (χ1n) is 5.15. The van der Waals surface area contributed by atoms with Gasteiger partial charge in [0, 0.05) is 13.1 Å². The molecule has 1 aliphatic heterocycles. The second-order valence-corrected chi connectivity index (χ2v) is 4.57. The van der Waals surface area contributed by atoms with E-state index in [9.17, 15) is 4.79 Å². The highest BCUT2D eigenvalue weighted by Crippen LogP contribution is 2.24. The van der Waals surface area contributed by atoms with Gasteiger partial charge in [-0.15, -0.1) is 0 Å². The van der Waals surface area contributed by atoms with Crippen molar-refractivity contribution in [2.24, 2.45) is 11.1 Å². The van der Waals surface area contributed by atoms with Gasteiger partial charge in [0.05, 0.1) is 18.1 Å². The van der Waals surface area contributed by atoms with Crippen molar-refractivity contribution in [3.05, 3.63) is 0 Å². The van der Waals surface area contributed by atoms with E-state index >= 15 is 0 Å². The van der Waals surface area contributed by atoms with E-state index in [2.05, 4.69) is 0 Å². The lowest BCUT2D eigenvalue weighted by atomic mass is 9.91. The molecule has 0 aromatic rings. The summed E-state index contributed by atoms with van der Waals surface area (Å²) in [5, 5.41) is 9.10. The molecule has 4 nitrogen and oxygen atoms in total. The number of amides is 1. The topological polar surface area (TPSA) is 66.6 Å². The molecule has 1 saturated heterocycles. The summed E-state index contributed by atoms with van der Waals surface area (Å²) >= 11 is 0. The van der Waals surface area contributed by atoms with E-state index < -0.39 is 5.41 Å². The Kier molecular flexibility index (Phi) is 3.50. The Labute approximate surface area is 85.1 Å². The second-order valence-electron chi connectivity index (χ2n) is 4.57. The van der Waals surface area contributed by atoms with Gasteiger partial charge < -0.3 is 15.7 Å². The molecule has 0 bridgehead atoms. The summed E-state index contributed by atoms with van der Waals surface area (Å²) in [5.41, 5.74) is 5.05. The average molecular weight is 200 g/mol. The van der Waals surface area contributed by atoms with E-state index in [-0.39, 0.29) is 18.6 Å². The standard InChI is InChI=1S/C10H20N2O2/c1-10(2,7-11)9(14)12-5-3-4-8(12)6-13/h8,13H,3-7,11H2,1-2H3/t8-/m0/s1. The zero-order valence-corrected chi connectivity index (χ0v) is 8.99. The molecule has 82 valence electrons. The molecule has 0 aromatic heterocycles. The molecular formula is C10H20N2O2. The summed E-state index contributed by atoms with van der Waals surface area (Å²) in [6.07, 6.45) is 1.89. The fourth-order valence-corrected chi connectivity index (χ4v) is 1.77. The Balaban J connectivity index is 2.69. The maximum absolute atomic E-state index is 12.0. The molecule has 0 radical (unpaired) electrons. The molecule has 1 amide bonds. The Morgan fingerprint density at radius 1 is 1.64 bits per heavy atom. The Bertz CT molecular complexity index is 216. The van der Waals surface area contributed by atoms with Crippen LogP contribution in [0, 0.1) is 5.41 Å². The van der Waals surface area contributed by atoms with Crippen LogP contribution >= 0.6 is 0 Å². The van der Waals surface area contributed by atoms with Crippen LogP contribution in [-0.2, 0) is 4.79 Å². The molecule has 14 heavy (non-hydrogen) atoms. The third-order valence-electron chi connectivity index (χ3n) is 2.94. The lowest BCUT2D eigenvalue weighted by Crippen LogP contribution is -2.47. The van der Waals surface area contributed by atoms with Crippen molar-refractivity contribution < 1.29 is 9.90 Å². The largest absolute Gasteiger partial charge is 0.394 e. The summed E-state index contributed by atoms with van der Waals surface area (Å²) in [6, 6.07) is 0.00771. The van der Waals surface area contributed by atoms with Gasteiger partial charge in [0.1, 0.15) is 0 Å². The molecule has 0 aliphatic carbocycles. The van der Waals surface area contributed by atoms with Crippen LogP contribution in [0.5, 0.6) is 0 Å². The van der Waals surface area contributed by atoms with Gasteiger partial charge >= 0.3 is 0 Å². The zero-order valence-electron chi connectivity index (χ0n) is 8.99. The van der Waals surface area contributed by atoms with Crippen molar-refractivity contribution in [2.75, 3.05) is 19.7 Å². The molecule has 0 unspecified atom stereocenters. The number of likely N-dealkylation sites (tertiary alicyclic amines) is 1. The maximum Gasteiger partial charge on any atom is 0.229 e. The minimum Gasteiger partial charge on any atom is -0.394 e. The lowest BCUT2D eigenvalue weighted by molar-refractivity contribution is -0.141. The molecule has 0 spiro atoms. The van der Waals surface area contributed by atoms with Gasteiger partial charge in [-0.1, -0.05) is 0 Å². The highest BCUT2D eigenvalue weighted by atomic mass is 16.3. The monoisotopic (exact) mass is 200 g/mol. The fraction of sp³-hybridized carbons (Fsp3) is 0.900. The van der Waals surface area contributed by atoms with Crippen molar-refractivity contribution in [2.45, 2.75) is 32.7 Å². The number of nitrogens with zero attached hydrogens (tertiary/aromatic N) is 1. The number of carbonyl (C=O) groups excluding carboxylic acids is 1. The van der Waals surface area contributed by atoms with E-state index in [1.807, 2.05) is 13.8 Å². The molecule has 4 heteroatoms. The van der Waals surface area contributed by atoms with Gasteiger partial charge in [-0.25, -0.2) is 0 Å². The number of rotatable bonds is 3. The highest BCUT2D eigenvalue weighted by Gasteiger charge is 2.36. The average Bonchev–Trinajstić information content (AvgIpc) is 2.64. The van der Waals surface area contributed by atoms with Crippen LogP contribution in [0.25, 0.3) is 0 Å². The quantitative estimate of drug-likeness (QED) is 0.671. The third kappa shape index (κ3) is 2.07. The predicted molar refractivity (Wildman–Crippen MR) is 54.7 cm³/mol. The van der Waals surface area contributed by atoms with E-state index in [4.69, 9.17) is 10.8 Å². The number of carbonyl (C=O) groups is 1. The van der Waals surface area contributed by atoms with Crippen LogP contribution in [0.3, 0.4) is 0 Å². The second kappa shape index (κ2) is 4.28. The summed E-state index contributed by atoms with van der Waals surface area (Å²) < 4.78 is 0. The number of hydrogen-bond acceptors (Lipinski definition) is 3. The number of aliphatic hydroxyl groups is 1. The van der Waals surface area contributed by atoms with Gasteiger partial charge in [0.2, 0.25) is 5.91 Å². The molecule has 1 rings (SSSR count). The Morgan fingerprint density at radius 3 is 2.79 bits per heavy atom. The molecule has 3 N–H and O–H groups in total. The number of hydrogen-bond donors (Lipinski definition) is 2. The van der Waals surface area contributed by atoms with Crippen molar-refractivity contribution in [3.8, 4) is 0 Å². The lowest BCUT2D eigenvalue weighted by Gasteiger charge is -2.31. The molecule has 1 heterocycles. The normalized spacial score (nSPS) is 22.9. The van der Waals surface area contributed by atoms with Gasteiger partial charge in [-0.3, -0.25) is 4.79 Å². The Morgan fingerprint density at radius 2 is 2.29 bits per heavy atom. The summed E-state index contributed by atoms with van der Waals surface area (Å²) in [4.78, 5) is 13.8. The molecule has 1 fully saturated rings. The van der Waals surface area contributed by atoms with Gasteiger partial charge in [-0.05, 0) is 26.7 Å². The SMILES string of the molecule is CC(C)(CN)C(=O)N1CCC[C@H]1CO. The number of nitrogens with two attached hydrogens (primary N) is 1. The van der Waals surface area contributed by atoms with Crippen molar-refractivity contribution in [1.29, 1.82) is 0 Å². The molecule has 1 atom stereocenters. The van der Waals surface area contributed by atoms with E-state index in [0.29, 0.717) is 6.54 Å². The smallest absolute Gasteiger partial charge is 0.229 e. The van der Waals surface area contributed by atoms with Crippen LogP contribution in [0.4, 0.5) is 0 Å². The van der Waals surface area contributed by atoms with Crippen LogP contribution in [0.2, 0.25) is 0 Å². The maximum atomic E-state index is 12.0. The molecule has 0 aromatic carbocycles. The van der Waals surface area contributed by atoms with Crippen LogP contribution < -0.4 is 5.73 Å². The first-order valence-corrected chi connectivity index (χ1v) is 5.15. The third-order valence-corrected chi connectivity index (χ3v) is 2.94. The number of aliphatic hydroxyl groups excluding tert-OH is 1. The van der Waals surface area contributed by atoms with Gasteiger partial charge in [0.15, 0.2) is 0 Å². The van der Waals surface area contributed by atoms with E-state index in [1.165, 1.54) is 0 Å². The zero-order chi connectivity index (χ0) is 10.8. The molecule has 0 saturated carbocycles. The van der Waals surface area contributed by atoms with Crippen molar-refractivity contribution in [3.63, 3.8) is 0 Å². The Hall–Kier alpha value is -0.610. The van der Waals surface area contributed by atoms with Crippen molar-refractivity contribution >= 4 is 5.91 Å². The van der Waals surface area contributed by atoms with Gasteiger partial charge in [0.25, 0.3) is 0 Å². The van der Waals surface area contributed by atoms with Crippen LogP contribution in [-0.4, -0.2) is 41.7 Å². The summed E-state index contributed by atoms with van der Waals surface area (Å²) in [5.74, 6) is 0.0663.